The number of nitrogens with zero attached hydrogens (tertiary/aromatic N) is 3. The van der Waals surface area contributed by atoms with E-state index in [-0.39, 0.29) is 5.91 Å². The predicted molar refractivity (Wildman–Crippen MR) is 74.8 cm³/mol. The van der Waals surface area contributed by atoms with Crippen LogP contribution >= 0.6 is 0 Å². The van der Waals surface area contributed by atoms with Crippen LogP contribution in [0.3, 0.4) is 0 Å². The summed E-state index contributed by atoms with van der Waals surface area (Å²) in [5, 5.41) is 6.89. The number of likely N-dealkylation sites (tertiary alicyclic amines) is 1. The molecule has 0 bridgehead atoms. The molecule has 0 spiro atoms. The van der Waals surface area contributed by atoms with Gasteiger partial charge in [-0.2, -0.15) is 5.10 Å². The van der Waals surface area contributed by atoms with Gasteiger partial charge in [0.15, 0.2) is 0 Å². The lowest BCUT2D eigenvalue weighted by atomic mass is 9.94. The van der Waals surface area contributed by atoms with Gasteiger partial charge in [0.1, 0.15) is 11.4 Å². The zero-order chi connectivity index (χ0) is 13.8. The fraction of sp³-hybridized carbons (Fsp3) is 0.692. The van der Waals surface area contributed by atoms with Crippen molar-refractivity contribution in [2.24, 2.45) is 13.0 Å². The SMILES string of the molecule is CN1CCC(CCNC(=O)c2cnn(C)c2N)CC1. The summed E-state index contributed by atoms with van der Waals surface area (Å²) in [5.41, 5.74) is 6.23. The number of aromatic nitrogens is 2. The van der Waals surface area contributed by atoms with Crippen LogP contribution in [-0.4, -0.2) is 47.3 Å². The Morgan fingerprint density at radius 2 is 2.16 bits per heavy atom. The number of rotatable bonds is 4. The number of carbonyl (C=O) groups is 1. The molecular formula is C13H23N5O. The number of nitrogen functional groups attached to an aromatic ring is 1. The summed E-state index contributed by atoms with van der Waals surface area (Å²) in [6, 6.07) is 0. The average Bonchev–Trinajstić information content (AvgIpc) is 2.72. The molecule has 2 heterocycles. The Hall–Kier alpha value is -1.56. The number of carbonyl (C=O) groups excluding carboxylic acids is 1. The van der Waals surface area contributed by atoms with Gasteiger partial charge in [-0.05, 0) is 45.3 Å². The molecule has 6 nitrogen and oxygen atoms in total. The molecule has 0 saturated carbocycles. The van der Waals surface area contributed by atoms with E-state index in [4.69, 9.17) is 5.73 Å². The highest BCUT2D eigenvalue weighted by Gasteiger charge is 2.17. The molecule has 6 heteroatoms. The topological polar surface area (TPSA) is 76.2 Å². The zero-order valence-electron chi connectivity index (χ0n) is 11.7. The molecule has 3 N–H and O–H groups in total. The van der Waals surface area contributed by atoms with Gasteiger partial charge in [0.25, 0.3) is 5.91 Å². The second kappa shape index (κ2) is 6.06. The number of aryl methyl sites for hydroxylation is 1. The van der Waals surface area contributed by atoms with Crippen molar-refractivity contribution < 1.29 is 4.79 Å². The van der Waals surface area contributed by atoms with Gasteiger partial charge in [-0.15, -0.1) is 0 Å². The largest absolute Gasteiger partial charge is 0.383 e. The minimum absolute atomic E-state index is 0.126. The quantitative estimate of drug-likeness (QED) is 0.829. The van der Waals surface area contributed by atoms with Gasteiger partial charge < -0.3 is 16.0 Å². The highest BCUT2D eigenvalue weighted by Crippen LogP contribution is 2.18. The van der Waals surface area contributed by atoms with Crippen LogP contribution in [-0.2, 0) is 7.05 Å². The van der Waals surface area contributed by atoms with Crippen molar-refractivity contribution in [2.75, 3.05) is 32.4 Å². The second-order valence-corrected chi connectivity index (χ2v) is 5.36. The molecule has 106 valence electrons. The summed E-state index contributed by atoms with van der Waals surface area (Å²) >= 11 is 0. The number of hydrogen-bond acceptors (Lipinski definition) is 4. The minimum Gasteiger partial charge on any atom is -0.383 e. The van der Waals surface area contributed by atoms with E-state index in [1.807, 2.05) is 0 Å². The Labute approximate surface area is 113 Å². The maximum absolute atomic E-state index is 11.9. The summed E-state index contributed by atoms with van der Waals surface area (Å²) in [6.45, 7) is 3.03. The lowest BCUT2D eigenvalue weighted by molar-refractivity contribution is 0.0950. The normalized spacial score (nSPS) is 17.6. The molecule has 19 heavy (non-hydrogen) atoms. The average molecular weight is 265 g/mol. The van der Waals surface area contributed by atoms with E-state index in [1.165, 1.54) is 23.7 Å². The van der Waals surface area contributed by atoms with E-state index in [0.717, 1.165) is 25.4 Å². The van der Waals surface area contributed by atoms with Gasteiger partial charge in [0.2, 0.25) is 0 Å². The number of amides is 1. The summed E-state index contributed by atoms with van der Waals surface area (Å²) in [5.74, 6) is 1.01. The molecule has 1 amide bonds. The molecule has 1 aromatic heterocycles. The van der Waals surface area contributed by atoms with Crippen molar-refractivity contribution in [1.29, 1.82) is 0 Å². The maximum Gasteiger partial charge on any atom is 0.256 e. The van der Waals surface area contributed by atoms with E-state index < -0.39 is 0 Å². The van der Waals surface area contributed by atoms with Crippen molar-refractivity contribution in [1.82, 2.24) is 20.0 Å². The Balaban J connectivity index is 1.74. The predicted octanol–water partition coefficient (Wildman–Crippen LogP) is 0.464. The smallest absolute Gasteiger partial charge is 0.256 e. The van der Waals surface area contributed by atoms with E-state index in [1.54, 1.807) is 7.05 Å². The summed E-state index contributed by atoms with van der Waals surface area (Å²) < 4.78 is 1.51. The fourth-order valence-electron chi connectivity index (χ4n) is 2.46. The van der Waals surface area contributed by atoms with Crippen molar-refractivity contribution in [3.63, 3.8) is 0 Å². The highest BCUT2D eigenvalue weighted by atomic mass is 16.1. The van der Waals surface area contributed by atoms with Crippen LogP contribution in [0.1, 0.15) is 29.6 Å². The zero-order valence-corrected chi connectivity index (χ0v) is 11.7. The standard InChI is InChI=1S/C13H23N5O/c1-17-7-4-10(5-8-17)3-6-15-13(19)11-9-16-18(2)12(11)14/h9-10H,3-8,14H2,1-2H3,(H,15,19). The molecule has 0 aromatic carbocycles. The van der Waals surface area contributed by atoms with Gasteiger partial charge in [0, 0.05) is 13.6 Å². The van der Waals surface area contributed by atoms with Crippen LogP contribution in [0.2, 0.25) is 0 Å². The molecule has 1 aromatic rings. The summed E-state index contributed by atoms with van der Waals surface area (Å²) in [4.78, 5) is 14.3. The Morgan fingerprint density at radius 3 is 2.74 bits per heavy atom. The van der Waals surface area contributed by atoms with Crippen LogP contribution < -0.4 is 11.1 Å². The molecule has 1 aliphatic rings. The molecule has 1 fully saturated rings. The number of nitrogens with one attached hydrogen (secondary N) is 1. The van der Waals surface area contributed by atoms with Crippen molar-refractivity contribution in [2.45, 2.75) is 19.3 Å². The second-order valence-electron chi connectivity index (χ2n) is 5.36. The minimum atomic E-state index is -0.126. The van der Waals surface area contributed by atoms with Gasteiger partial charge in [-0.3, -0.25) is 9.48 Å². The molecule has 0 atom stereocenters. The van der Waals surface area contributed by atoms with Gasteiger partial charge in [-0.25, -0.2) is 0 Å². The van der Waals surface area contributed by atoms with E-state index in [9.17, 15) is 4.79 Å². The van der Waals surface area contributed by atoms with E-state index in [2.05, 4.69) is 22.4 Å². The molecule has 0 aliphatic carbocycles. The van der Waals surface area contributed by atoms with Crippen LogP contribution in [0.5, 0.6) is 0 Å². The third-order valence-corrected chi connectivity index (χ3v) is 3.91. The van der Waals surface area contributed by atoms with Gasteiger partial charge >= 0.3 is 0 Å². The number of hydrogen-bond donors (Lipinski definition) is 2. The first kappa shape index (κ1) is 13.9. The number of anilines is 1. The molecule has 2 rings (SSSR count). The first-order valence-corrected chi connectivity index (χ1v) is 6.82. The van der Waals surface area contributed by atoms with Crippen LogP contribution in [0.4, 0.5) is 5.82 Å². The Bertz CT molecular complexity index is 434. The molecule has 0 unspecified atom stereocenters. The van der Waals surface area contributed by atoms with Gasteiger partial charge in [-0.1, -0.05) is 0 Å². The summed E-state index contributed by atoms with van der Waals surface area (Å²) in [6.07, 6.45) is 5.00. The number of piperidine rings is 1. The lowest BCUT2D eigenvalue weighted by Crippen LogP contribution is -2.32. The molecule has 0 radical (unpaired) electrons. The van der Waals surface area contributed by atoms with E-state index in [0.29, 0.717) is 17.9 Å². The van der Waals surface area contributed by atoms with Gasteiger partial charge in [0.05, 0.1) is 6.20 Å². The molecule has 1 aliphatic heterocycles. The van der Waals surface area contributed by atoms with Crippen LogP contribution in [0.25, 0.3) is 0 Å². The third kappa shape index (κ3) is 3.47. The van der Waals surface area contributed by atoms with E-state index >= 15 is 0 Å². The molecular weight excluding hydrogens is 242 g/mol. The lowest BCUT2D eigenvalue weighted by Gasteiger charge is -2.28. The number of nitrogens with two attached hydrogens (primary N) is 1. The Kier molecular flexibility index (Phi) is 4.42. The molecule has 1 saturated heterocycles. The van der Waals surface area contributed by atoms with Crippen LogP contribution in [0, 0.1) is 5.92 Å². The maximum atomic E-state index is 11.9. The van der Waals surface area contributed by atoms with Crippen molar-refractivity contribution in [3.05, 3.63) is 11.8 Å². The third-order valence-electron chi connectivity index (χ3n) is 3.91. The highest BCUT2D eigenvalue weighted by molar-refractivity contribution is 5.98. The first-order valence-electron chi connectivity index (χ1n) is 6.82. The van der Waals surface area contributed by atoms with Crippen molar-refractivity contribution in [3.8, 4) is 0 Å². The summed E-state index contributed by atoms with van der Waals surface area (Å²) in [7, 11) is 3.88. The first-order chi connectivity index (χ1) is 9.08. The fourth-order valence-corrected chi connectivity index (χ4v) is 2.46. The Morgan fingerprint density at radius 1 is 1.47 bits per heavy atom. The monoisotopic (exact) mass is 265 g/mol. The van der Waals surface area contributed by atoms with Crippen LogP contribution in [0.15, 0.2) is 6.20 Å². The van der Waals surface area contributed by atoms with Crippen molar-refractivity contribution >= 4 is 11.7 Å².